The number of benzene rings is 1. The Kier molecular flexibility index (Phi) is 4.08. The second kappa shape index (κ2) is 5.11. The largest absolute Gasteiger partial charge is 0.316 e. The van der Waals surface area contributed by atoms with Gasteiger partial charge in [0.2, 0.25) is 0 Å². The summed E-state index contributed by atoms with van der Waals surface area (Å²) in [5.74, 6) is 0.410. The standard InChI is InChI=1S/C12H18FN/c1-9(2)12(14-3)8-10-6-4-5-7-11(10)13/h4-7,9,12,14H,8H2,1-3H3. The average Bonchev–Trinajstić information content (AvgIpc) is 2.16. The predicted molar refractivity (Wildman–Crippen MR) is 57.8 cm³/mol. The molecule has 0 aliphatic rings. The van der Waals surface area contributed by atoms with Crippen molar-refractivity contribution in [2.75, 3.05) is 7.05 Å². The zero-order chi connectivity index (χ0) is 10.6. The first-order chi connectivity index (χ1) is 6.65. The molecule has 1 atom stereocenters. The molecule has 0 radical (unpaired) electrons. The normalized spacial score (nSPS) is 13.2. The first-order valence-electron chi connectivity index (χ1n) is 5.05. The van der Waals surface area contributed by atoms with Crippen LogP contribution >= 0.6 is 0 Å². The van der Waals surface area contributed by atoms with Gasteiger partial charge in [0.1, 0.15) is 5.82 Å². The molecule has 0 heterocycles. The summed E-state index contributed by atoms with van der Waals surface area (Å²) in [6.45, 7) is 4.28. The third-order valence-corrected chi connectivity index (χ3v) is 2.57. The second-order valence-electron chi connectivity index (χ2n) is 3.93. The van der Waals surface area contributed by atoms with Crippen LogP contribution in [0, 0.1) is 11.7 Å². The Morgan fingerprint density at radius 1 is 1.29 bits per heavy atom. The third-order valence-electron chi connectivity index (χ3n) is 2.57. The molecule has 1 unspecified atom stereocenters. The Morgan fingerprint density at radius 2 is 1.93 bits per heavy atom. The third kappa shape index (κ3) is 2.81. The van der Waals surface area contributed by atoms with Gasteiger partial charge in [-0.15, -0.1) is 0 Å². The van der Waals surface area contributed by atoms with Gasteiger partial charge in [-0.25, -0.2) is 4.39 Å². The molecule has 0 amide bonds. The molecule has 0 spiro atoms. The van der Waals surface area contributed by atoms with Crippen LogP contribution in [-0.4, -0.2) is 13.1 Å². The lowest BCUT2D eigenvalue weighted by atomic mass is 9.96. The van der Waals surface area contributed by atoms with Crippen LogP contribution in [-0.2, 0) is 6.42 Å². The fraction of sp³-hybridized carbons (Fsp3) is 0.500. The molecule has 2 heteroatoms. The lowest BCUT2D eigenvalue weighted by Gasteiger charge is -2.20. The summed E-state index contributed by atoms with van der Waals surface area (Å²) in [6, 6.07) is 7.31. The van der Waals surface area contributed by atoms with Gasteiger partial charge >= 0.3 is 0 Å². The molecular formula is C12H18FN. The van der Waals surface area contributed by atoms with Gasteiger partial charge in [-0.3, -0.25) is 0 Å². The quantitative estimate of drug-likeness (QED) is 0.778. The van der Waals surface area contributed by atoms with Gasteiger partial charge in [-0.2, -0.15) is 0 Å². The smallest absolute Gasteiger partial charge is 0.126 e. The van der Waals surface area contributed by atoms with Crippen LogP contribution in [0.3, 0.4) is 0 Å². The fourth-order valence-electron chi connectivity index (χ4n) is 1.57. The van der Waals surface area contributed by atoms with Crippen LogP contribution in [0.1, 0.15) is 19.4 Å². The van der Waals surface area contributed by atoms with E-state index in [1.165, 1.54) is 6.07 Å². The summed E-state index contributed by atoms with van der Waals surface area (Å²) < 4.78 is 13.3. The van der Waals surface area contributed by atoms with Crippen molar-refractivity contribution in [3.63, 3.8) is 0 Å². The van der Waals surface area contributed by atoms with Crippen molar-refractivity contribution in [2.45, 2.75) is 26.3 Å². The van der Waals surface area contributed by atoms with Gasteiger partial charge in [-0.1, -0.05) is 32.0 Å². The summed E-state index contributed by atoms with van der Waals surface area (Å²) >= 11 is 0. The Bertz CT molecular complexity index is 283. The Labute approximate surface area is 85.3 Å². The first-order valence-corrected chi connectivity index (χ1v) is 5.05. The van der Waals surface area contributed by atoms with Crippen molar-refractivity contribution >= 4 is 0 Å². The molecule has 1 rings (SSSR count). The topological polar surface area (TPSA) is 12.0 Å². The van der Waals surface area contributed by atoms with Gasteiger partial charge in [0.25, 0.3) is 0 Å². The van der Waals surface area contributed by atoms with Crippen molar-refractivity contribution < 1.29 is 4.39 Å². The van der Waals surface area contributed by atoms with Crippen LogP contribution in [0.4, 0.5) is 4.39 Å². The minimum atomic E-state index is -0.103. The summed E-state index contributed by atoms with van der Waals surface area (Å²) in [5, 5.41) is 3.21. The van der Waals surface area contributed by atoms with Crippen LogP contribution in [0.5, 0.6) is 0 Å². The van der Waals surface area contributed by atoms with Gasteiger partial charge in [0, 0.05) is 6.04 Å². The monoisotopic (exact) mass is 195 g/mol. The number of hydrogen-bond acceptors (Lipinski definition) is 1. The van der Waals surface area contributed by atoms with E-state index in [-0.39, 0.29) is 5.82 Å². The van der Waals surface area contributed by atoms with E-state index in [4.69, 9.17) is 0 Å². The first kappa shape index (κ1) is 11.2. The average molecular weight is 195 g/mol. The highest BCUT2D eigenvalue weighted by Crippen LogP contribution is 2.13. The Balaban J connectivity index is 2.72. The second-order valence-corrected chi connectivity index (χ2v) is 3.93. The summed E-state index contributed by atoms with van der Waals surface area (Å²) in [7, 11) is 1.92. The molecule has 1 nitrogen and oxygen atoms in total. The molecule has 14 heavy (non-hydrogen) atoms. The van der Waals surface area contributed by atoms with Crippen molar-refractivity contribution in [3.05, 3.63) is 35.6 Å². The molecule has 0 bridgehead atoms. The summed E-state index contributed by atoms with van der Waals surface area (Å²) in [5.41, 5.74) is 0.792. The zero-order valence-corrected chi connectivity index (χ0v) is 9.05. The lowest BCUT2D eigenvalue weighted by molar-refractivity contribution is 0.418. The van der Waals surface area contributed by atoms with E-state index < -0.39 is 0 Å². The van der Waals surface area contributed by atoms with Gasteiger partial charge in [-0.05, 0) is 31.0 Å². The van der Waals surface area contributed by atoms with E-state index in [9.17, 15) is 4.39 Å². The minimum absolute atomic E-state index is 0.103. The van der Waals surface area contributed by atoms with Crippen LogP contribution < -0.4 is 5.32 Å². The van der Waals surface area contributed by atoms with E-state index in [1.807, 2.05) is 19.2 Å². The lowest BCUT2D eigenvalue weighted by Crippen LogP contribution is -2.32. The molecule has 1 N–H and O–H groups in total. The molecule has 0 aliphatic heterocycles. The van der Waals surface area contributed by atoms with Crippen molar-refractivity contribution in [1.82, 2.24) is 5.32 Å². The summed E-state index contributed by atoms with van der Waals surface area (Å²) in [4.78, 5) is 0. The van der Waals surface area contributed by atoms with E-state index in [2.05, 4.69) is 19.2 Å². The van der Waals surface area contributed by atoms with Gasteiger partial charge in [0.05, 0.1) is 0 Å². The van der Waals surface area contributed by atoms with E-state index in [1.54, 1.807) is 6.07 Å². The van der Waals surface area contributed by atoms with Crippen molar-refractivity contribution in [1.29, 1.82) is 0 Å². The molecule has 1 aromatic carbocycles. The Hall–Kier alpha value is -0.890. The number of halogens is 1. The molecule has 0 fully saturated rings. The number of rotatable bonds is 4. The van der Waals surface area contributed by atoms with E-state index in [0.29, 0.717) is 12.0 Å². The number of nitrogens with one attached hydrogen (secondary N) is 1. The maximum atomic E-state index is 13.3. The number of likely N-dealkylation sites (N-methyl/N-ethyl adjacent to an activating group) is 1. The maximum absolute atomic E-state index is 13.3. The molecule has 1 aromatic rings. The van der Waals surface area contributed by atoms with Crippen molar-refractivity contribution in [3.8, 4) is 0 Å². The van der Waals surface area contributed by atoms with Crippen LogP contribution in [0.15, 0.2) is 24.3 Å². The summed E-state index contributed by atoms with van der Waals surface area (Å²) in [6.07, 6.45) is 0.751. The zero-order valence-electron chi connectivity index (χ0n) is 9.05. The van der Waals surface area contributed by atoms with Crippen LogP contribution in [0.25, 0.3) is 0 Å². The van der Waals surface area contributed by atoms with E-state index in [0.717, 1.165) is 12.0 Å². The molecule has 0 saturated heterocycles. The highest BCUT2D eigenvalue weighted by Gasteiger charge is 2.13. The van der Waals surface area contributed by atoms with Crippen LogP contribution in [0.2, 0.25) is 0 Å². The molecule has 0 aliphatic carbocycles. The Morgan fingerprint density at radius 3 is 2.43 bits per heavy atom. The molecule has 0 aromatic heterocycles. The highest BCUT2D eigenvalue weighted by molar-refractivity contribution is 5.18. The highest BCUT2D eigenvalue weighted by atomic mass is 19.1. The molecule has 78 valence electrons. The number of hydrogen-bond donors (Lipinski definition) is 1. The predicted octanol–water partition coefficient (Wildman–Crippen LogP) is 2.61. The fourth-order valence-corrected chi connectivity index (χ4v) is 1.57. The maximum Gasteiger partial charge on any atom is 0.126 e. The SMILES string of the molecule is CNC(Cc1ccccc1F)C(C)C. The van der Waals surface area contributed by atoms with E-state index >= 15 is 0 Å². The molecular weight excluding hydrogens is 177 g/mol. The van der Waals surface area contributed by atoms with Crippen molar-refractivity contribution in [2.24, 2.45) is 5.92 Å². The minimum Gasteiger partial charge on any atom is -0.316 e. The van der Waals surface area contributed by atoms with Gasteiger partial charge < -0.3 is 5.32 Å². The molecule has 0 saturated carbocycles. The van der Waals surface area contributed by atoms with Gasteiger partial charge in [0.15, 0.2) is 0 Å².